The van der Waals surface area contributed by atoms with E-state index < -0.39 is 17.3 Å². The molecule has 1 atom stereocenters. The summed E-state index contributed by atoms with van der Waals surface area (Å²) in [5.74, 6) is -1.35. The number of rotatable bonds is 5. The SMILES string of the molecule is CCC(NC1CC1)(C(=O)O)c1cccc(F)c1. The zero-order valence-electron chi connectivity index (χ0n) is 9.74. The highest BCUT2D eigenvalue weighted by Crippen LogP contribution is 2.31. The molecule has 1 fully saturated rings. The maximum absolute atomic E-state index is 13.2. The Bertz CT molecular complexity index is 431. The third kappa shape index (κ3) is 2.31. The van der Waals surface area contributed by atoms with Crippen molar-refractivity contribution in [3.63, 3.8) is 0 Å². The second-order valence-electron chi connectivity index (χ2n) is 4.49. The van der Waals surface area contributed by atoms with E-state index in [4.69, 9.17) is 0 Å². The number of hydrogen-bond donors (Lipinski definition) is 2. The summed E-state index contributed by atoms with van der Waals surface area (Å²) in [6, 6.07) is 6.08. The molecule has 0 heterocycles. The van der Waals surface area contributed by atoms with Crippen molar-refractivity contribution in [1.29, 1.82) is 0 Å². The molecule has 1 aliphatic carbocycles. The first-order chi connectivity index (χ1) is 8.08. The first-order valence-electron chi connectivity index (χ1n) is 5.85. The van der Waals surface area contributed by atoms with Gasteiger partial charge in [0.05, 0.1) is 0 Å². The Morgan fingerprint density at radius 1 is 1.59 bits per heavy atom. The van der Waals surface area contributed by atoms with Crippen molar-refractivity contribution in [3.05, 3.63) is 35.6 Å². The van der Waals surface area contributed by atoms with Gasteiger partial charge in [0.2, 0.25) is 0 Å². The standard InChI is InChI=1S/C13H16FNO2/c1-2-13(12(16)17,15-11-6-7-11)9-4-3-5-10(14)8-9/h3-5,8,11,15H,2,6-7H2,1H3,(H,16,17). The van der Waals surface area contributed by atoms with Crippen LogP contribution in [0.1, 0.15) is 31.7 Å². The van der Waals surface area contributed by atoms with Crippen molar-refractivity contribution in [2.24, 2.45) is 0 Å². The van der Waals surface area contributed by atoms with Gasteiger partial charge in [0.25, 0.3) is 0 Å². The lowest BCUT2D eigenvalue weighted by Gasteiger charge is -2.30. The van der Waals surface area contributed by atoms with Crippen LogP contribution in [0.25, 0.3) is 0 Å². The Morgan fingerprint density at radius 2 is 2.29 bits per heavy atom. The van der Waals surface area contributed by atoms with E-state index in [9.17, 15) is 14.3 Å². The molecule has 1 aromatic carbocycles. The van der Waals surface area contributed by atoms with Gasteiger partial charge in [-0.1, -0.05) is 19.1 Å². The molecule has 1 unspecified atom stereocenters. The topological polar surface area (TPSA) is 49.3 Å². The van der Waals surface area contributed by atoms with Gasteiger partial charge in [-0.2, -0.15) is 0 Å². The molecular weight excluding hydrogens is 221 g/mol. The molecule has 0 aliphatic heterocycles. The zero-order valence-corrected chi connectivity index (χ0v) is 9.74. The molecule has 0 saturated heterocycles. The van der Waals surface area contributed by atoms with Crippen LogP contribution in [0.2, 0.25) is 0 Å². The van der Waals surface area contributed by atoms with Crippen LogP contribution in [0.15, 0.2) is 24.3 Å². The molecule has 17 heavy (non-hydrogen) atoms. The minimum absolute atomic E-state index is 0.245. The quantitative estimate of drug-likeness (QED) is 0.826. The average Bonchev–Trinajstić information content (AvgIpc) is 3.09. The van der Waals surface area contributed by atoms with Crippen molar-refractivity contribution in [2.45, 2.75) is 37.8 Å². The number of hydrogen-bond acceptors (Lipinski definition) is 2. The molecule has 4 heteroatoms. The first-order valence-corrected chi connectivity index (χ1v) is 5.85. The summed E-state index contributed by atoms with van der Waals surface area (Å²) in [4.78, 5) is 11.5. The van der Waals surface area contributed by atoms with Crippen molar-refractivity contribution in [3.8, 4) is 0 Å². The van der Waals surface area contributed by atoms with Gasteiger partial charge in [-0.3, -0.25) is 5.32 Å². The fourth-order valence-electron chi connectivity index (χ4n) is 2.06. The number of benzene rings is 1. The van der Waals surface area contributed by atoms with Gasteiger partial charge in [-0.25, -0.2) is 9.18 Å². The summed E-state index contributed by atoms with van der Waals surface area (Å²) < 4.78 is 13.2. The number of aliphatic carboxylic acids is 1. The van der Waals surface area contributed by atoms with Crippen molar-refractivity contribution >= 4 is 5.97 Å². The molecule has 1 aliphatic rings. The lowest BCUT2D eigenvalue weighted by molar-refractivity contribution is -0.145. The van der Waals surface area contributed by atoms with Crippen LogP contribution in [-0.2, 0) is 10.3 Å². The summed E-state index contributed by atoms with van der Waals surface area (Å²) in [7, 11) is 0. The van der Waals surface area contributed by atoms with Gasteiger partial charge in [0.1, 0.15) is 11.4 Å². The highest BCUT2D eigenvalue weighted by molar-refractivity contribution is 5.80. The molecule has 0 bridgehead atoms. The largest absolute Gasteiger partial charge is 0.480 e. The number of halogens is 1. The van der Waals surface area contributed by atoms with E-state index in [1.165, 1.54) is 12.1 Å². The molecule has 0 spiro atoms. The fourth-order valence-corrected chi connectivity index (χ4v) is 2.06. The van der Waals surface area contributed by atoms with Crippen LogP contribution < -0.4 is 5.32 Å². The predicted molar refractivity (Wildman–Crippen MR) is 62.2 cm³/mol. The third-order valence-electron chi connectivity index (χ3n) is 3.24. The number of carbonyl (C=O) groups is 1. The number of carboxylic acid groups (broad SMARTS) is 1. The van der Waals surface area contributed by atoms with E-state index in [1.807, 2.05) is 0 Å². The molecule has 3 nitrogen and oxygen atoms in total. The molecule has 1 saturated carbocycles. The highest BCUT2D eigenvalue weighted by atomic mass is 19.1. The second kappa shape index (κ2) is 4.45. The molecule has 0 amide bonds. The number of carboxylic acids is 1. The van der Waals surface area contributed by atoms with Crippen LogP contribution in [0, 0.1) is 5.82 Å². The van der Waals surface area contributed by atoms with E-state index >= 15 is 0 Å². The smallest absolute Gasteiger partial charge is 0.328 e. The summed E-state index contributed by atoms with van der Waals surface area (Å²) in [5, 5.41) is 12.6. The summed E-state index contributed by atoms with van der Waals surface area (Å²) >= 11 is 0. The lowest BCUT2D eigenvalue weighted by atomic mass is 9.87. The minimum Gasteiger partial charge on any atom is -0.480 e. The van der Waals surface area contributed by atoms with Gasteiger partial charge in [-0.15, -0.1) is 0 Å². The fraction of sp³-hybridized carbons (Fsp3) is 0.462. The predicted octanol–water partition coefficient (Wildman–Crippen LogP) is 2.27. The Balaban J connectivity index is 2.39. The summed E-state index contributed by atoms with van der Waals surface area (Å²) in [6.45, 7) is 1.80. The van der Waals surface area contributed by atoms with E-state index in [2.05, 4.69) is 5.32 Å². The Morgan fingerprint density at radius 3 is 2.76 bits per heavy atom. The van der Waals surface area contributed by atoms with E-state index in [1.54, 1.807) is 19.1 Å². The van der Waals surface area contributed by atoms with Crippen molar-refractivity contribution in [1.82, 2.24) is 5.32 Å². The molecule has 2 rings (SSSR count). The summed E-state index contributed by atoms with van der Waals surface area (Å²) in [5.41, 5.74) is -0.678. The van der Waals surface area contributed by atoms with Crippen LogP contribution >= 0.6 is 0 Å². The van der Waals surface area contributed by atoms with Gasteiger partial charge in [-0.05, 0) is 37.0 Å². The van der Waals surface area contributed by atoms with E-state index in [0.29, 0.717) is 12.0 Å². The average molecular weight is 237 g/mol. The normalized spacial score (nSPS) is 18.7. The van der Waals surface area contributed by atoms with Crippen LogP contribution in [0.3, 0.4) is 0 Å². The summed E-state index contributed by atoms with van der Waals surface area (Å²) in [6.07, 6.45) is 2.37. The van der Waals surface area contributed by atoms with Crippen LogP contribution in [0.5, 0.6) is 0 Å². The number of nitrogens with one attached hydrogen (secondary N) is 1. The lowest BCUT2D eigenvalue weighted by Crippen LogP contribution is -2.49. The molecule has 2 N–H and O–H groups in total. The van der Waals surface area contributed by atoms with E-state index in [-0.39, 0.29) is 6.04 Å². The highest BCUT2D eigenvalue weighted by Gasteiger charge is 2.42. The van der Waals surface area contributed by atoms with Crippen LogP contribution in [-0.4, -0.2) is 17.1 Å². The molecule has 92 valence electrons. The zero-order chi connectivity index (χ0) is 12.5. The molecular formula is C13H16FNO2. The third-order valence-corrected chi connectivity index (χ3v) is 3.24. The monoisotopic (exact) mass is 237 g/mol. The van der Waals surface area contributed by atoms with Gasteiger partial charge in [0, 0.05) is 6.04 Å². The Hall–Kier alpha value is -1.42. The van der Waals surface area contributed by atoms with E-state index in [0.717, 1.165) is 12.8 Å². The Labute approximate surface area is 99.7 Å². The van der Waals surface area contributed by atoms with Gasteiger partial charge >= 0.3 is 5.97 Å². The van der Waals surface area contributed by atoms with Crippen molar-refractivity contribution in [2.75, 3.05) is 0 Å². The Kier molecular flexibility index (Phi) is 3.15. The molecule has 1 aromatic rings. The first kappa shape index (κ1) is 12.0. The maximum atomic E-state index is 13.2. The van der Waals surface area contributed by atoms with Crippen molar-refractivity contribution < 1.29 is 14.3 Å². The van der Waals surface area contributed by atoms with Crippen LogP contribution in [0.4, 0.5) is 4.39 Å². The molecule has 0 aromatic heterocycles. The van der Waals surface area contributed by atoms with Gasteiger partial charge < -0.3 is 5.11 Å². The maximum Gasteiger partial charge on any atom is 0.328 e. The second-order valence-corrected chi connectivity index (χ2v) is 4.49. The van der Waals surface area contributed by atoms with Gasteiger partial charge in [0.15, 0.2) is 0 Å². The minimum atomic E-state index is -1.16. The molecule has 0 radical (unpaired) electrons.